The van der Waals surface area contributed by atoms with Crippen LogP contribution in [0.1, 0.15) is 19.8 Å². The molecule has 166 valence electrons. The average Bonchev–Trinajstić information content (AvgIpc) is 3.34. The molecule has 0 saturated carbocycles. The van der Waals surface area contributed by atoms with Gasteiger partial charge in [0.05, 0.1) is 22.8 Å². The first kappa shape index (κ1) is 21.6. The molecule has 1 fully saturated rings. The summed E-state index contributed by atoms with van der Waals surface area (Å²) < 4.78 is 9.02. The average molecular weight is 456 g/mol. The summed E-state index contributed by atoms with van der Waals surface area (Å²) in [6.45, 7) is 3.00. The van der Waals surface area contributed by atoms with Crippen LogP contribution in [0.25, 0.3) is 0 Å². The quantitative estimate of drug-likeness (QED) is 0.297. The smallest absolute Gasteiger partial charge is 0.354 e. The van der Waals surface area contributed by atoms with E-state index in [2.05, 4.69) is 19.6 Å². The van der Waals surface area contributed by atoms with Crippen molar-refractivity contribution >= 4 is 46.3 Å². The minimum absolute atomic E-state index is 0.103. The van der Waals surface area contributed by atoms with E-state index in [1.54, 1.807) is 17.2 Å². The van der Waals surface area contributed by atoms with Crippen LogP contribution in [-0.2, 0) is 9.53 Å². The van der Waals surface area contributed by atoms with Crippen molar-refractivity contribution in [1.82, 2.24) is 19.6 Å². The summed E-state index contributed by atoms with van der Waals surface area (Å²) in [5.74, 6) is 0.303. The minimum atomic E-state index is -0.474. The SMILES string of the molecule is CCOC(=O)C1CCN(c2ncnc(N(c3ccccc3)c3csnn3)c2[N+](=O)[O-])CC1. The van der Waals surface area contributed by atoms with Gasteiger partial charge in [-0.15, -0.1) is 5.10 Å². The molecular weight excluding hydrogens is 434 g/mol. The zero-order chi connectivity index (χ0) is 22.5. The molecule has 0 atom stereocenters. The third-order valence-corrected chi connectivity index (χ3v) is 5.68. The molecule has 0 amide bonds. The molecular formula is C20H21N7O4S. The highest BCUT2D eigenvalue weighted by Gasteiger charge is 2.35. The standard InChI is InChI=1S/C20H21N7O4S/c1-2-31-20(28)14-8-10-25(11-9-14)18-17(27(29)30)19(22-13-21-18)26(16-12-32-24-23-16)15-6-4-3-5-7-15/h3-7,12-14H,2,8-11H2,1H3. The molecule has 3 heterocycles. The van der Waals surface area contributed by atoms with Gasteiger partial charge in [-0.25, -0.2) is 9.97 Å². The number of nitro groups is 1. The molecule has 12 heteroatoms. The van der Waals surface area contributed by atoms with Gasteiger partial charge in [-0.3, -0.25) is 19.8 Å². The molecule has 0 unspecified atom stereocenters. The summed E-state index contributed by atoms with van der Waals surface area (Å²) in [6, 6.07) is 9.15. The largest absolute Gasteiger partial charge is 0.466 e. The zero-order valence-corrected chi connectivity index (χ0v) is 18.1. The summed E-state index contributed by atoms with van der Waals surface area (Å²) in [7, 11) is 0. The summed E-state index contributed by atoms with van der Waals surface area (Å²) in [6.07, 6.45) is 2.38. The van der Waals surface area contributed by atoms with Crippen molar-refractivity contribution in [1.29, 1.82) is 0 Å². The maximum atomic E-state index is 12.2. The fourth-order valence-corrected chi connectivity index (χ4v) is 4.13. The number of hydrogen-bond acceptors (Lipinski definition) is 11. The Balaban J connectivity index is 1.71. The molecule has 3 aromatic rings. The maximum absolute atomic E-state index is 12.2. The number of rotatable bonds is 7. The van der Waals surface area contributed by atoms with E-state index < -0.39 is 4.92 Å². The Labute approximate surface area is 188 Å². The van der Waals surface area contributed by atoms with Gasteiger partial charge >= 0.3 is 11.7 Å². The number of esters is 1. The lowest BCUT2D eigenvalue weighted by Crippen LogP contribution is -2.38. The molecule has 0 aliphatic carbocycles. The molecule has 0 radical (unpaired) electrons. The fourth-order valence-electron chi connectivity index (χ4n) is 3.70. The minimum Gasteiger partial charge on any atom is -0.466 e. The third kappa shape index (κ3) is 4.35. The first-order valence-electron chi connectivity index (χ1n) is 10.1. The molecule has 1 aliphatic heterocycles. The van der Waals surface area contributed by atoms with Gasteiger partial charge in [0.1, 0.15) is 6.33 Å². The highest BCUT2D eigenvalue weighted by molar-refractivity contribution is 7.03. The Kier molecular flexibility index (Phi) is 6.50. The number of anilines is 4. The van der Waals surface area contributed by atoms with E-state index in [0.29, 0.717) is 44.0 Å². The van der Waals surface area contributed by atoms with Crippen LogP contribution in [0.2, 0.25) is 0 Å². The molecule has 4 rings (SSSR count). The fraction of sp³-hybridized carbons (Fsp3) is 0.350. The van der Waals surface area contributed by atoms with Crippen LogP contribution in [0.5, 0.6) is 0 Å². The second kappa shape index (κ2) is 9.64. The lowest BCUT2D eigenvalue weighted by atomic mass is 9.97. The molecule has 32 heavy (non-hydrogen) atoms. The van der Waals surface area contributed by atoms with Gasteiger partial charge in [-0.05, 0) is 43.4 Å². The van der Waals surface area contributed by atoms with E-state index in [1.807, 2.05) is 35.2 Å². The number of piperidine rings is 1. The number of para-hydroxylation sites is 1. The van der Waals surface area contributed by atoms with Crippen LogP contribution in [-0.4, -0.2) is 50.1 Å². The van der Waals surface area contributed by atoms with Crippen molar-refractivity contribution < 1.29 is 14.5 Å². The van der Waals surface area contributed by atoms with Crippen LogP contribution in [0.4, 0.5) is 28.8 Å². The molecule has 11 nitrogen and oxygen atoms in total. The normalized spacial score (nSPS) is 14.2. The van der Waals surface area contributed by atoms with Gasteiger partial charge in [0.25, 0.3) is 0 Å². The summed E-state index contributed by atoms with van der Waals surface area (Å²) >= 11 is 1.14. The van der Waals surface area contributed by atoms with Crippen LogP contribution in [0.3, 0.4) is 0 Å². The van der Waals surface area contributed by atoms with Gasteiger partial charge in [-0.2, -0.15) is 0 Å². The number of carbonyl (C=O) groups excluding carboxylic acids is 1. The molecule has 1 aromatic carbocycles. The highest BCUT2D eigenvalue weighted by atomic mass is 32.1. The Morgan fingerprint density at radius 3 is 2.66 bits per heavy atom. The lowest BCUT2D eigenvalue weighted by Gasteiger charge is -2.31. The lowest BCUT2D eigenvalue weighted by molar-refractivity contribution is -0.383. The van der Waals surface area contributed by atoms with Crippen LogP contribution < -0.4 is 9.80 Å². The van der Waals surface area contributed by atoms with E-state index in [4.69, 9.17) is 4.74 Å². The van der Waals surface area contributed by atoms with Gasteiger partial charge in [0.15, 0.2) is 5.82 Å². The maximum Gasteiger partial charge on any atom is 0.354 e. The predicted molar refractivity (Wildman–Crippen MR) is 118 cm³/mol. The van der Waals surface area contributed by atoms with E-state index in [9.17, 15) is 14.9 Å². The zero-order valence-electron chi connectivity index (χ0n) is 17.3. The summed E-state index contributed by atoms with van der Waals surface area (Å²) in [4.78, 5) is 35.7. The second-order valence-corrected chi connectivity index (χ2v) is 7.68. The van der Waals surface area contributed by atoms with Crippen molar-refractivity contribution in [3.8, 4) is 0 Å². The van der Waals surface area contributed by atoms with Crippen LogP contribution >= 0.6 is 11.5 Å². The van der Waals surface area contributed by atoms with Crippen molar-refractivity contribution in [2.75, 3.05) is 29.5 Å². The topological polar surface area (TPSA) is 127 Å². The van der Waals surface area contributed by atoms with Crippen molar-refractivity contribution in [2.45, 2.75) is 19.8 Å². The van der Waals surface area contributed by atoms with Crippen molar-refractivity contribution in [2.24, 2.45) is 5.92 Å². The van der Waals surface area contributed by atoms with Gasteiger partial charge in [0, 0.05) is 18.8 Å². The van der Waals surface area contributed by atoms with E-state index in [1.165, 1.54) is 6.33 Å². The number of hydrogen-bond donors (Lipinski definition) is 0. The number of nitrogens with zero attached hydrogens (tertiary/aromatic N) is 7. The van der Waals surface area contributed by atoms with Gasteiger partial charge in [-0.1, -0.05) is 22.7 Å². The monoisotopic (exact) mass is 455 g/mol. The number of benzene rings is 1. The predicted octanol–water partition coefficient (Wildman–Crippen LogP) is 3.49. The Bertz CT molecular complexity index is 1070. The Morgan fingerprint density at radius 2 is 2.03 bits per heavy atom. The molecule has 0 N–H and O–H groups in total. The number of aromatic nitrogens is 4. The van der Waals surface area contributed by atoms with Crippen LogP contribution in [0, 0.1) is 16.0 Å². The van der Waals surface area contributed by atoms with E-state index in [0.717, 1.165) is 11.5 Å². The van der Waals surface area contributed by atoms with Gasteiger partial charge < -0.3 is 9.64 Å². The van der Waals surface area contributed by atoms with Crippen LogP contribution in [0.15, 0.2) is 42.0 Å². The third-order valence-electron chi connectivity index (χ3n) is 5.18. The molecule has 1 aliphatic rings. The van der Waals surface area contributed by atoms with E-state index in [-0.39, 0.29) is 29.2 Å². The molecule has 1 saturated heterocycles. The summed E-state index contributed by atoms with van der Waals surface area (Å²) in [5, 5.41) is 18.0. The Hall–Kier alpha value is -3.67. The first-order chi connectivity index (χ1) is 15.6. The van der Waals surface area contributed by atoms with Crippen molar-refractivity contribution in [3.63, 3.8) is 0 Å². The van der Waals surface area contributed by atoms with E-state index >= 15 is 0 Å². The molecule has 2 aromatic heterocycles. The molecule has 0 spiro atoms. The highest BCUT2D eigenvalue weighted by Crippen LogP contribution is 2.42. The number of carbonyl (C=O) groups is 1. The number of ether oxygens (including phenoxy) is 1. The molecule has 0 bridgehead atoms. The second-order valence-electron chi connectivity index (χ2n) is 7.07. The summed E-state index contributed by atoms with van der Waals surface area (Å²) in [5.41, 5.74) is 0.438. The van der Waals surface area contributed by atoms with Crippen molar-refractivity contribution in [3.05, 3.63) is 52.2 Å². The first-order valence-corrected chi connectivity index (χ1v) is 11.0. The Morgan fingerprint density at radius 1 is 1.28 bits per heavy atom. The van der Waals surface area contributed by atoms with Gasteiger partial charge in [0.2, 0.25) is 11.6 Å².